The molecule has 0 aliphatic carbocycles. The van der Waals surface area contributed by atoms with Crippen LogP contribution in [-0.4, -0.2) is 28.4 Å². The number of rotatable bonds is 7. The molecular formula is C16H17F3N2O4S. The number of sulfonamides is 1. The maximum Gasteiger partial charge on any atom is 0.573 e. The van der Waals surface area contributed by atoms with E-state index in [1.54, 1.807) is 20.0 Å². The zero-order valence-electron chi connectivity index (χ0n) is 13.9. The first-order valence-electron chi connectivity index (χ1n) is 7.48. The van der Waals surface area contributed by atoms with Crippen molar-refractivity contribution in [2.45, 2.75) is 18.2 Å². The predicted molar refractivity (Wildman–Crippen MR) is 91.1 cm³/mol. The summed E-state index contributed by atoms with van der Waals surface area (Å²) in [5.41, 5.74) is 0.569. The fourth-order valence-corrected chi connectivity index (χ4v) is 3.30. The Hall–Kier alpha value is -2.62. The van der Waals surface area contributed by atoms with Crippen molar-refractivity contribution in [3.05, 3.63) is 42.5 Å². The second-order valence-electron chi connectivity index (χ2n) is 5.03. The highest BCUT2D eigenvalue weighted by Gasteiger charge is 2.31. The van der Waals surface area contributed by atoms with Gasteiger partial charge in [0.2, 0.25) is 0 Å². The molecule has 0 amide bonds. The Bertz CT molecular complexity index is 870. The number of anilines is 2. The zero-order valence-corrected chi connectivity index (χ0v) is 14.7. The highest BCUT2D eigenvalue weighted by Crippen LogP contribution is 2.30. The number of hydrogen-bond acceptors (Lipinski definition) is 5. The minimum Gasteiger partial charge on any atom is -0.492 e. The molecule has 26 heavy (non-hydrogen) atoms. The summed E-state index contributed by atoms with van der Waals surface area (Å²) in [6.45, 7) is 1.94. The van der Waals surface area contributed by atoms with Crippen molar-refractivity contribution in [2.75, 3.05) is 23.7 Å². The van der Waals surface area contributed by atoms with Gasteiger partial charge in [-0.05, 0) is 31.2 Å². The van der Waals surface area contributed by atoms with Gasteiger partial charge in [-0.25, -0.2) is 8.42 Å². The van der Waals surface area contributed by atoms with Gasteiger partial charge in [0.15, 0.2) is 0 Å². The summed E-state index contributed by atoms with van der Waals surface area (Å²) >= 11 is 0. The van der Waals surface area contributed by atoms with Crippen molar-refractivity contribution < 1.29 is 31.1 Å². The molecule has 0 radical (unpaired) electrons. The van der Waals surface area contributed by atoms with Gasteiger partial charge in [0, 0.05) is 24.9 Å². The molecule has 0 fully saturated rings. The van der Waals surface area contributed by atoms with Crippen LogP contribution in [0, 0.1) is 0 Å². The summed E-state index contributed by atoms with van der Waals surface area (Å²) in [4.78, 5) is -0.138. The molecule has 0 spiro atoms. The van der Waals surface area contributed by atoms with Crippen molar-refractivity contribution in [1.82, 2.24) is 0 Å². The molecule has 6 nitrogen and oxygen atoms in total. The van der Waals surface area contributed by atoms with Crippen LogP contribution in [0.3, 0.4) is 0 Å². The van der Waals surface area contributed by atoms with E-state index >= 15 is 0 Å². The Kier molecular flexibility index (Phi) is 5.86. The second-order valence-corrected chi connectivity index (χ2v) is 6.68. The summed E-state index contributed by atoms with van der Waals surface area (Å²) in [5.74, 6) is -0.414. The molecule has 2 aromatic rings. The molecule has 0 bridgehead atoms. The average molecular weight is 390 g/mol. The van der Waals surface area contributed by atoms with Crippen LogP contribution in [0.5, 0.6) is 11.5 Å². The average Bonchev–Trinajstić information content (AvgIpc) is 2.53. The first-order chi connectivity index (χ1) is 12.1. The molecule has 0 saturated carbocycles. The number of nitrogens with one attached hydrogen (secondary N) is 2. The standard InChI is InChI=1S/C16H17F3N2O4S/c1-3-24-14-10-11(20-2)7-8-15(14)26(22,23)21-12-5-4-6-13(9-12)25-16(17,18)19/h4-10,20-21H,3H2,1-2H3. The number of halogens is 3. The summed E-state index contributed by atoms with van der Waals surface area (Å²) in [7, 11) is -2.42. The van der Waals surface area contributed by atoms with Crippen molar-refractivity contribution in [3.63, 3.8) is 0 Å². The Balaban J connectivity index is 2.33. The van der Waals surface area contributed by atoms with Gasteiger partial charge in [-0.2, -0.15) is 0 Å². The van der Waals surface area contributed by atoms with Crippen LogP contribution in [0.1, 0.15) is 6.92 Å². The van der Waals surface area contributed by atoms with Gasteiger partial charge in [-0.1, -0.05) is 6.07 Å². The van der Waals surface area contributed by atoms with E-state index in [1.165, 1.54) is 24.3 Å². The normalized spacial score (nSPS) is 11.7. The molecule has 10 heteroatoms. The summed E-state index contributed by atoms with van der Waals surface area (Å²) in [6.07, 6.45) is -4.87. The van der Waals surface area contributed by atoms with E-state index in [-0.39, 0.29) is 22.9 Å². The Labute approximate surface area is 149 Å². The van der Waals surface area contributed by atoms with Gasteiger partial charge < -0.3 is 14.8 Å². The fraction of sp³-hybridized carbons (Fsp3) is 0.250. The van der Waals surface area contributed by atoms with Crippen molar-refractivity contribution in [3.8, 4) is 11.5 Å². The van der Waals surface area contributed by atoms with Gasteiger partial charge in [0.1, 0.15) is 16.4 Å². The Morgan fingerprint density at radius 1 is 1.08 bits per heavy atom. The molecule has 0 atom stereocenters. The topological polar surface area (TPSA) is 76.7 Å². The first-order valence-corrected chi connectivity index (χ1v) is 8.96. The van der Waals surface area contributed by atoms with Crippen LogP contribution in [0.25, 0.3) is 0 Å². The van der Waals surface area contributed by atoms with Crippen LogP contribution in [0.4, 0.5) is 24.5 Å². The lowest BCUT2D eigenvalue weighted by Gasteiger charge is -2.15. The summed E-state index contributed by atoms with van der Waals surface area (Å²) < 4.78 is 73.5. The Morgan fingerprint density at radius 3 is 2.42 bits per heavy atom. The van der Waals surface area contributed by atoms with Gasteiger partial charge in [-0.3, -0.25) is 4.72 Å². The molecule has 142 valence electrons. The Morgan fingerprint density at radius 2 is 1.81 bits per heavy atom. The molecule has 0 unspecified atom stereocenters. The third-order valence-electron chi connectivity index (χ3n) is 3.14. The lowest BCUT2D eigenvalue weighted by molar-refractivity contribution is -0.274. The van der Waals surface area contributed by atoms with Crippen LogP contribution < -0.4 is 19.5 Å². The van der Waals surface area contributed by atoms with E-state index in [4.69, 9.17) is 4.74 Å². The molecule has 2 aromatic carbocycles. The van der Waals surface area contributed by atoms with Gasteiger partial charge in [-0.15, -0.1) is 13.2 Å². The fourth-order valence-electron chi connectivity index (χ4n) is 2.12. The SMILES string of the molecule is CCOc1cc(NC)ccc1S(=O)(=O)Nc1cccc(OC(F)(F)F)c1. The smallest absolute Gasteiger partial charge is 0.492 e. The largest absolute Gasteiger partial charge is 0.573 e. The third-order valence-corrected chi connectivity index (χ3v) is 4.56. The van der Waals surface area contributed by atoms with Crippen LogP contribution in [0.2, 0.25) is 0 Å². The highest BCUT2D eigenvalue weighted by molar-refractivity contribution is 7.92. The van der Waals surface area contributed by atoms with E-state index in [9.17, 15) is 21.6 Å². The molecule has 0 aromatic heterocycles. The third kappa shape index (κ3) is 5.19. The van der Waals surface area contributed by atoms with E-state index in [2.05, 4.69) is 14.8 Å². The summed E-state index contributed by atoms with van der Waals surface area (Å²) in [5, 5.41) is 2.87. The van der Waals surface area contributed by atoms with Gasteiger partial charge >= 0.3 is 6.36 Å². The minimum atomic E-state index is -4.87. The van der Waals surface area contributed by atoms with E-state index in [0.717, 1.165) is 12.1 Å². The maximum atomic E-state index is 12.6. The monoisotopic (exact) mass is 390 g/mol. The molecular weight excluding hydrogens is 373 g/mol. The van der Waals surface area contributed by atoms with Crippen molar-refractivity contribution in [1.29, 1.82) is 0 Å². The van der Waals surface area contributed by atoms with E-state index in [1.807, 2.05) is 0 Å². The molecule has 0 aliphatic rings. The van der Waals surface area contributed by atoms with Crippen molar-refractivity contribution in [2.24, 2.45) is 0 Å². The van der Waals surface area contributed by atoms with Crippen LogP contribution in [0.15, 0.2) is 47.4 Å². The van der Waals surface area contributed by atoms with E-state index in [0.29, 0.717) is 5.69 Å². The van der Waals surface area contributed by atoms with Crippen LogP contribution >= 0.6 is 0 Å². The molecule has 2 N–H and O–H groups in total. The first kappa shape index (κ1) is 19.7. The maximum absolute atomic E-state index is 12.6. The molecule has 2 rings (SSSR count). The molecule has 0 heterocycles. The van der Waals surface area contributed by atoms with Crippen molar-refractivity contribution >= 4 is 21.4 Å². The number of ether oxygens (including phenoxy) is 2. The van der Waals surface area contributed by atoms with Gasteiger partial charge in [0.05, 0.1) is 12.3 Å². The lowest BCUT2D eigenvalue weighted by Crippen LogP contribution is -2.18. The van der Waals surface area contributed by atoms with E-state index < -0.39 is 22.1 Å². The van der Waals surface area contributed by atoms with Crippen LogP contribution in [-0.2, 0) is 10.0 Å². The molecule has 0 aliphatic heterocycles. The quantitative estimate of drug-likeness (QED) is 0.752. The zero-order chi connectivity index (χ0) is 19.4. The second kappa shape index (κ2) is 7.73. The number of alkyl halides is 3. The molecule has 0 saturated heterocycles. The summed E-state index contributed by atoms with van der Waals surface area (Å²) in [6, 6.07) is 8.96. The van der Waals surface area contributed by atoms with Gasteiger partial charge in [0.25, 0.3) is 10.0 Å². The lowest BCUT2D eigenvalue weighted by atomic mass is 10.3. The minimum absolute atomic E-state index is 0.0770. The number of hydrogen-bond donors (Lipinski definition) is 2. The highest BCUT2D eigenvalue weighted by atomic mass is 32.2. The number of benzene rings is 2. The predicted octanol–water partition coefficient (Wildman–Crippen LogP) is 3.83.